The molecule has 1 aromatic carbocycles. The zero-order valence-electron chi connectivity index (χ0n) is 20.7. The van der Waals surface area contributed by atoms with Gasteiger partial charge in [-0.3, -0.25) is 14.4 Å². The molecule has 0 saturated carbocycles. The molecule has 9 heteroatoms. The van der Waals surface area contributed by atoms with Crippen LogP contribution in [0.15, 0.2) is 43.5 Å². The van der Waals surface area contributed by atoms with Crippen molar-refractivity contribution in [2.45, 2.75) is 47.6 Å². The predicted molar refractivity (Wildman–Crippen MR) is 145 cm³/mol. The number of fused-ring (bicyclic) bond motifs is 1. The number of likely N-dealkylation sites (tertiary alicyclic amines) is 1. The van der Waals surface area contributed by atoms with Gasteiger partial charge >= 0.3 is 5.97 Å². The third-order valence-corrected chi connectivity index (χ3v) is 10.7. The third-order valence-electron chi connectivity index (χ3n) is 7.48. The zero-order chi connectivity index (χ0) is 26.2. The van der Waals surface area contributed by atoms with E-state index in [-0.39, 0.29) is 41.6 Å². The van der Waals surface area contributed by atoms with Gasteiger partial charge in [0.15, 0.2) is 0 Å². The van der Waals surface area contributed by atoms with E-state index in [1.807, 2.05) is 32.0 Å². The number of aryl methyl sites for hydroxylation is 2. The smallest absolute Gasteiger partial charge is 0.311 e. The molecule has 3 heterocycles. The van der Waals surface area contributed by atoms with E-state index in [4.69, 9.17) is 4.74 Å². The molecule has 2 bridgehead atoms. The average Bonchev–Trinajstić information content (AvgIpc) is 3.43. The lowest BCUT2D eigenvalue weighted by atomic mass is 9.71. The molecule has 3 saturated heterocycles. The molecule has 6 atom stereocenters. The fraction of sp³-hybridized carbons (Fsp3) is 0.519. The maximum atomic E-state index is 14.5. The summed E-state index contributed by atoms with van der Waals surface area (Å²) in [6, 6.07) is 5.11. The fourth-order valence-corrected chi connectivity index (χ4v) is 9.79. The van der Waals surface area contributed by atoms with E-state index in [9.17, 15) is 19.5 Å². The summed E-state index contributed by atoms with van der Waals surface area (Å²) >= 11 is 5.32. The summed E-state index contributed by atoms with van der Waals surface area (Å²) in [5, 5.41) is 9.38. The summed E-state index contributed by atoms with van der Waals surface area (Å²) in [5.74, 6) is -2.13. The lowest BCUT2D eigenvalue weighted by Crippen LogP contribution is -2.56. The quantitative estimate of drug-likeness (QED) is 0.261. The van der Waals surface area contributed by atoms with Crippen LogP contribution in [-0.2, 0) is 19.1 Å². The van der Waals surface area contributed by atoms with Gasteiger partial charge < -0.3 is 19.6 Å². The number of hydrogen-bond donors (Lipinski definition) is 1. The highest BCUT2D eigenvalue weighted by Gasteiger charge is 2.76. The van der Waals surface area contributed by atoms with Gasteiger partial charge in [0.2, 0.25) is 5.91 Å². The molecule has 0 aliphatic carbocycles. The van der Waals surface area contributed by atoms with Gasteiger partial charge in [-0.1, -0.05) is 52.9 Å². The maximum Gasteiger partial charge on any atom is 0.311 e. The minimum atomic E-state index is -0.771. The number of ether oxygens (including phenoxy) is 1. The second-order valence-electron chi connectivity index (χ2n) is 9.67. The predicted octanol–water partition coefficient (Wildman–Crippen LogP) is 3.40. The molecule has 2 amide bonds. The van der Waals surface area contributed by atoms with E-state index >= 15 is 0 Å². The van der Waals surface area contributed by atoms with Crippen LogP contribution in [0.4, 0.5) is 5.69 Å². The number of benzene rings is 1. The van der Waals surface area contributed by atoms with Crippen molar-refractivity contribution in [2.24, 2.45) is 11.8 Å². The van der Waals surface area contributed by atoms with Gasteiger partial charge in [-0.15, -0.1) is 18.3 Å². The highest BCUT2D eigenvalue weighted by molar-refractivity contribution is 9.09. The number of amides is 2. The maximum absolute atomic E-state index is 14.5. The third kappa shape index (κ3) is 4.23. The molecule has 4 rings (SSSR count). The number of hydrogen-bond acceptors (Lipinski definition) is 6. The topological polar surface area (TPSA) is 87.2 Å². The van der Waals surface area contributed by atoms with E-state index in [0.29, 0.717) is 19.4 Å². The van der Waals surface area contributed by atoms with Crippen molar-refractivity contribution in [3.63, 3.8) is 0 Å². The Bertz CT molecular complexity index is 1060. The largest absolute Gasteiger partial charge is 0.461 e. The summed E-state index contributed by atoms with van der Waals surface area (Å²) in [6.45, 7) is 11.9. The summed E-state index contributed by atoms with van der Waals surface area (Å²) < 4.78 is 4.65. The van der Waals surface area contributed by atoms with E-state index in [1.54, 1.807) is 27.6 Å². The van der Waals surface area contributed by atoms with Gasteiger partial charge in [-0.25, -0.2) is 0 Å². The Kier molecular flexibility index (Phi) is 8.02. The van der Waals surface area contributed by atoms with Crippen LogP contribution in [0.5, 0.6) is 0 Å². The Balaban J connectivity index is 1.81. The Morgan fingerprint density at radius 3 is 2.61 bits per heavy atom. The first-order valence-electron chi connectivity index (χ1n) is 12.2. The number of rotatable bonds is 10. The molecule has 194 valence electrons. The van der Waals surface area contributed by atoms with Crippen LogP contribution in [0.25, 0.3) is 0 Å². The molecule has 3 aliphatic rings. The summed E-state index contributed by atoms with van der Waals surface area (Å²) in [6.07, 6.45) is 4.13. The number of aliphatic hydroxyl groups excluding tert-OH is 1. The van der Waals surface area contributed by atoms with Gasteiger partial charge in [0.05, 0.1) is 16.6 Å². The molecule has 1 aromatic rings. The van der Waals surface area contributed by atoms with Crippen molar-refractivity contribution >= 4 is 51.2 Å². The Hall–Kier alpha value is -2.10. The monoisotopic (exact) mass is 576 g/mol. The van der Waals surface area contributed by atoms with Crippen molar-refractivity contribution in [1.82, 2.24) is 4.90 Å². The van der Waals surface area contributed by atoms with Gasteiger partial charge in [0, 0.05) is 35.5 Å². The van der Waals surface area contributed by atoms with Crippen LogP contribution in [0.3, 0.4) is 0 Å². The summed E-state index contributed by atoms with van der Waals surface area (Å²) in [5.41, 5.74) is 2.72. The number of halogens is 1. The van der Waals surface area contributed by atoms with Crippen molar-refractivity contribution in [1.29, 1.82) is 0 Å². The number of aliphatic hydroxyl groups is 1. The van der Waals surface area contributed by atoms with Crippen LogP contribution >= 0.6 is 27.7 Å². The van der Waals surface area contributed by atoms with Gasteiger partial charge in [0.25, 0.3) is 5.91 Å². The SMILES string of the molecule is C=CCOC(=O)[C@H]1[C@@H]2SC3(CC2Br)C(C(=O)N(CC=C)c2c(C)cccc2C)N(CCCO)C(=O)[C@H]13. The Labute approximate surface area is 225 Å². The highest BCUT2D eigenvalue weighted by Crippen LogP contribution is 2.68. The van der Waals surface area contributed by atoms with E-state index in [0.717, 1.165) is 16.8 Å². The molecule has 1 spiro atoms. The molecule has 0 aromatic heterocycles. The molecule has 7 nitrogen and oxygen atoms in total. The number of alkyl halides is 1. The summed E-state index contributed by atoms with van der Waals surface area (Å²) in [7, 11) is 0. The molecule has 0 radical (unpaired) electrons. The standard InChI is InChI=1S/C27H33BrN2O5S/c1-5-11-29(21-16(3)9-7-10-17(21)4)25(33)23-27-15-18(28)22(36-27)19(26(34)35-14-6-2)20(27)24(32)30(23)12-8-13-31/h5-7,9-10,18-20,22-23,31H,1-2,8,11-15H2,3-4H3/t18?,19-,20+,22-,23?,27?/m1/s1. The van der Waals surface area contributed by atoms with Crippen molar-refractivity contribution in [3.05, 3.63) is 54.6 Å². The average molecular weight is 578 g/mol. The minimum absolute atomic E-state index is 0.0334. The van der Waals surface area contributed by atoms with Crippen molar-refractivity contribution in [2.75, 3.05) is 31.2 Å². The highest BCUT2D eigenvalue weighted by atomic mass is 79.9. The number of thioether (sulfide) groups is 1. The van der Waals surface area contributed by atoms with Gasteiger partial charge in [-0.2, -0.15) is 0 Å². The molecule has 3 aliphatic heterocycles. The van der Waals surface area contributed by atoms with Crippen LogP contribution in [0.2, 0.25) is 0 Å². The van der Waals surface area contributed by atoms with Crippen LogP contribution in [-0.4, -0.2) is 75.0 Å². The minimum Gasteiger partial charge on any atom is -0.461 e. The molecular formula is C27H33BrN2O5S. The number of para-hydroxylation sites is 1. The lowest BCUT2D eigenvalue weighted by Gasteiger charge is -2.38. The van der Waals surface area contributed by atoms with E-state index < -0.39 is 28.6 Å². The van der Waals surface area contributed by atoms with Gasteiger partial charge in [0.1, 0.15) is 12.6 Å². The number of esters is 1. The normalized spacial score (nSPS) is 30.3. The van der Waals surface area contributed by atoms with Gasteiger partial charge in [-0.05, 0) is 37.8 Å². The molecular weight excluding hydrogens is 544 g/mol. The lowest BCUT2D eigenvalue weighted by molar-refractivity contribution is -0.153. The van der Waals surface area contributed by atoms with Crippen LogP contribution < -0.4 is 4.90 Å². The fourth-order valence-electron chi connectivity index (χ4n) is 6.20. The number of carbonyl (C=O) groups is 3. The van der Waals surface area contributed by atoms with Crippen molar-refractivity contribution < 1.29 is 24.2 Å². The second-order valence-corrected chi connectivity index (χ2v) is 12.4. The zero-order valence-corrected chi connectivity index (χ0v) is 23.1. The van der Waals surface area contributed by atoms with Crippen molar-refractivity contribution in [3.8, 4) is 0 Å². The first kappa shape index (κ1) is 26.9. The molecule has 1 N–H and O–H groups in total. The number of nitrogens with zero attached hydrogens (tertiary/aromatic N) is 2. The van der Waals surface area contributed by atoms with E-state index in [1.165, 1.54) is 6.08 Å². The van der Waals surface area contributed by atoms with Crippen LogP contribution in [0, 0.1) is 25.7 Å². The number of carbonyl (C=O) groups excluding carboxylic acids is 3. The molecule has 3 unspecified atom stereocenters. The van der Waals surface area contributed by atoms with E-state index in [2.05, 4.69) is 29.1 Å². The molecule has 36 heavy (non-hydrogen) atoms. The first-order valence-corrected chi connectivity index (χ1v) is 14.0. The second kappa shape index (κ2) is 10.7. The number of anilines is 1. The summed E-state index contributed by atoms with van der Waals surface area (Å²) in [4.78, 5) is 44.9. The Morgan fingerprint density at radius 2 is 2.00 bits per heavy atom. The van der Waals surface area contributed by atoms with Crippen LogP contribution in [0.1, 0.15) is 24.0 Å². The molecule has 3 fully saturated rings. The first-order chi connectivity index (χ1) is 17.2. The Morgan fingerprint density at radius 1 is 1.31 bits per heavy atom.